The van der Waals surface area contributed by atoms with Crippen LogP contribution >= 0.6 is 10.8 Å². The van der Waals surface area contributed by atoms with Gasteiger partial charge in [-0.15, -0.1) is 0 Å². The van der Waals surface area contributed by atoms with Gasteiger partial charge in [0.2, 0.25) is 0 Å². The molecule has 0 aliphatic rings. The topological polar surface area (TPSA) is 66.4 Å². The van der Waals surface area contributed by atoms with E-state index in [1.54, 1.807) is 0 Å². The average molecular weight is 239 g/mol. The SMILES string of the molecule is O=S(=O)(O)SCCNCC(F)(F)F. The normalized spacial score (nSPS) is 13.2. The Labute approximate surface area is 77.0 Å². The molecule has 13 heavy (non-hydrogen) atoms. The van der Waals surface area contributed by atoms with Gasteiger partial charge in [-0.25, -0.2) is 0 Å². The molecule has 4 nitrogen and oxygen atoms in total. The highest BCUT2D eigenvalue weighted by atomic mass is 33.1. The van der Waals surface area contributed by atoms with Crippen LogP contribution in [-0.2, 0) is 9.15 Å². The fraction of sp³-hybridized carbons (Fsp3) is 1.00. The standard InChI is InChI=1S/C4H8F3NO3S2/c5-4(6,7)3-8-1-2-12-13(9,10)11/h8H,1-3H2,(H,9,10,11). The Bertz CT molecular complexity index is 238. The summed E-state index contributed by atoms with van der Waals surface area (Å²) in [6.45, 7) is -1.30. The smallest absolute Gasteiger partial charge is 0.308 e. The van der Waals surface area contributed by atoms with E-state index in [0.717, 1.165) is 0 Å². The Morgan fingerprint density at radius 1 is 1.38 bits per heavy atom. The molecule has 80 valence electrons. The molecule has 0 saturated carbocycles. The minimum atomic E-state index is -4.30. The summed E-state index contributed by atoms with van der Waals surface area (Å²) < 4.78 is 62.7. The summed E-state index contributed by atoms with van der Waals surface area (Å²) in [5.41, 5.74) is 0. The van der Waals surface area contributed by atoms with Gasteiger partial charge < -0.3 is 5.32 Å². The van der Waals surface area contributed by atoms with Gasteiger partial charge in [-0.2, -0.15) is 21.6 Å². The Balaban J connectivity index is 3.39. The van der Waals surface area contributed by atoms with Gasteiger partial charge in [0, 0.05) is 12.3 Å². The van der Waals surface area contributed by atoms with Crippen LogP contribution in [0.5, 0.6) is 0 Å². The molecular weight excluding hydrogens is 231 g/mol. The molecule has 0 aliphatic carbocycles. The maximum absolute atomic E-state index is 11.5. The van der Waals surface area contributed by atoms with Crippen molar-refractivity contribution < 1.29 is 26.1 Å². The average Bonchev–Trinajstić information content (AvgIpc) is 1.81. The predicted molar refractivity (Wildman–Crippen MR) is 42.9 cm³/mol. The number of nitrogens with one attached hydrogen (secondary N) is 1. The van der Waals surface area contributed by atoms with Crippen molar-refractivity contribution >= 4 is 19.9 Å². The summed E-state index contributed by atoms with van der Waals surface area (Å²) in [6, 6.07) is 0. The van der Waals surface area contributed by atoms with E-state index in [1.165, 1.54) is 0 Å². The lowest BCUT2D eigenvalue weighted by molar-refractivity contribution is -0.124. The van der Waals surface area contributed by atoms with E-state index < -0.39 is 21.9 Å². The largest absolute Gasteiger partial charge is 0.401 e. The van der Waals surface area contributed by atoms with Gasteiger partial charge in [0.1, 0.15) is 0 Å². The molecule has 0 heterocycles. The van der Waals surface area contributed by atoms with Crippen molar-refractivity contribution in [2.45, 2.75) is 6.18 Å². The maximum Gasteiger partial charge on any atom is 0.401 e. The zero-order valence-corrected chi connectivity index (χ0v) is 7.97. The molecule has 0 saturated heterocycles. The molecule has 0 radical (unpaired) electrons. The van der Waals surface area contributed by atoms with E-state index >= 15 is 0 Å². The van der Waals surface area contributed by atoms with Crippen LogP contribution in [0.3, 0.4) is 0 Å². The van der Waals surface area contributed by atoms with Gasteiger partial charge in [-0.05, 0) is 10.8 Å². The van der Waals surface area contributed by atoms with E-state index in [2.05, 4.69) is 0 Å². The van der Waals surface area contributed by atoms with E-state index in [0.29, 0.717) is 0 Å². The van der Waals surface area contributed by atoms with Crippen LogP contribution in [0.25, 0.3) is 0 Å². The Kier molecular flexibility index (Phi) is 5.04. The summed E-state index contributed by atoms with van der Waals surface area (Å²) in [7, 11) is -3.96. The number of hydrogen-bond acceptors (Lipinski definition) is 4. The van der Waals surface area contributed by atoms with Gasteiger partial charge in [-0.1, -0.05) is 0 Å². The summed E-state index contributed by atoms with van der Waals surface area (Å²) in [5, 5.41) is 1.98. The number of rotatable bonds is 5. The Morgan fingerprint density at radius 2 is 1.92 bits per heavy atom. The second kappa shape index (κ2) is 5.03. The van der Waals surface area contributed by atoms with Gasteiger partial charge in [0.15, 0.2) is 0 Å². The second-order valence-corrected chi connectivity index (χ2v) is 5.51. The first kappa shape index (κ1) is 13.0. The second-order valence-electron chi connectivity index (χ2n) is 2.04. The van der Waals surface area contributed by atoms with Crippen molar-refractivity contribution in [1.29, 1.82) is 0 Å². The highest BCUT2D eigenvalue weighted by Gasteiger charge is 2.25. The van der Waals surface area contributed by atoms with Gasteiger partial charge in [0.25, 0.3) is 0 Å². The molecule has 0 aromatic heterocycles. The molecule has 0 aromatic rings. The summed E-state index contributed by atoms with van der Waals surface area (Å²) >= 11 is 0. The van der Waals surface area contributed by atoms with Crippen LogP contribution in [0.2, 0.25) is 0 Å². The minimum Gasteiger partial charge on any atom is -0.308 e. The maximum atomic E-state index is 11.5. The Morgan fingerprint density at radius 3 is 2.31 bits per heavy atom. The summed E-state index contributed by atoms with van der Waals surface area (Å²) in [5.74, 6) is -0.130. The summed E-state index contributed by atoms with van der Waals surface area (Å²) in [6.07, 6.45) is -4.30. The zero-order chi connectivity index (χ0) is 10.5. The monoisotopic (exact) mass is 239 g/mol. The van der Waals surface area contributed by atoms with E-state index in [9.17, 15) is 21.6 Å². The fourth-order valence-electron chi connectivity index (χ4n) is 0.449. The van der Waals surface area contributed by atoms with Crippen LogP contribution in [0.15, 0.2) is 0 Å². The highest BCUT2D eigenvalue weighted by Crippen LogP contribution is 2.12. The molecule has 0 unspecified atom stereocenters. The molecule has 0 amide bonds. The quantitative estimate of drug-likeness (QED) is 0.419. The number of alkyl halides is 3. The van der Waals surface area contributed by atoms with Crippen molar-refractivity contribution in [2.75, 3.05) is 18.8 Å². The zero-order valence-electron chi connectivity index (χ0n) is 6.34. The molecule has 0 atom stereocenters. The molecule has 0 aromatic carbocycles. The molecule has 0 spiro atoms. The molecule has 0 rings (SSSR count). The first-order valence-electron chi connectivity index (χ1n) is 3.10. The van der Waals surface area contributed by atoms with E-state index in [1.807, 2.05) is 5.32 Å². The number of hydrogen-bond donors (Lipinski definition) is 2. The van der Waals surface area contributed by atoms with Crippen LogP contribution < -0.4 is 5.32 Å². The van der Waals surface area contributed by atoms with E-state index in [-0.39, 0.29) is 23.1 Å². The Hall–Kier alpha value is 0.01000. The van der Waals surface area contributed by atoms with Crippen LogP contribution in [0.1, 0.15) is 0 Å². The van der Waals surface area contributed by atoms with Gasteiger partial charge >= 0.3 is 15.3 Å². The first-order valence-corrected chi connectivity index (χ1v) is 6.04. The third kappa shape index (κ3) is 12.0. The fourth-order valence-corrected chi connectivity index (χ4v) is 1.77. The van der Waals surface area contributed by atoms with Crippen LogP contribution in [-0.4, -0.2) is 38.0 Å². The van der Waals surface area contributed by atoms with Crippen molar-refractivity contribution in [3.8, 4) is 0 Å². The van der Waals surface area contributed by atoms with E-state index in [4.69, 9.17) is 4.55 Å². The van der Waals surface area contributed by atoms with Crippen molar-refractivity contribution in [2.24, 2.45) is 0 Å². The number of halogens is 3. The van der Waals surface area contributed by atoms with Gasteiger partial charge in [-0.3, -0.25) is 4.55 Å². The third-order valence-corrected chi connectivity index (χ3v) is 2.90. The molecule has 2 N–H and O–H groups in total. The first-order chi connectivity index (χ1) is 5.71. The lowest BCUT2D eigenvalue weighted by Crippen LogP contribution is -2.30. The highest BCUT2D eigenvalue weighted by molar-refractivity contribution is 8.69. The molecular formula is C4H8F3NO3S2. The molecule has 0 aliphatic heterocycles. The van der Waals surface area contributed by atoms with Gasteiger partial charge in [0.05, 0.1) is 6.54 Å². The van der Waals surface area contributed by atoms with Crippen LogP contribution in [0, 0.1) is 0 Å². The lowest BCUT2D eigenvalue weighted by Gasteiger charge is -2.06. The molecule has 9 heteroatoms. The van der Waals surface area contributed by atoms with Crippen molar-refractivity contribution in [3.63, 3.8) is 0 Å². The molecule has 0 fully saturated rings. The lowest BCUT2D eigenvalue weighted by atomic mass is 10.6. The van der Waals surface area contributed by atoms with Crippen molar-refractivity contribution in [1.82, 2.24) is 5.32 Å². The minimum absolute atomic E-state index is 0.130. The third-order valence-electron chi connectivity index (χ3n) is 0.837. The van der Waals surface area contributed by atoms with Crippen molar-refractivity contribution in [3.05, 3.63) is 0 Å². The van der Waals surface area contributed by atoms with Crippen LogP contribution in [0.4, 0.5) is 13.2 Å². The molecule has 0 bridgehead atoms. The predicted octanol–water partition coefficient (Wildman–Crippen LogP) is 0.674. The summed E-state index contributed by atoms with van der Waals surface area (Å²) in [4.78, 5) is 0.